The molecule has 0 spiro atoms. The molecular weight excluding hydrogens is 212 g/mol. The number of nitrogens with two attached hydrogens (primary N) is 1. The minimum absolute atomic E-state index is 0.531. The van der Waals surface area contributed by atoms with Crippen LogP contribution in [-0.4, -0.2) is 24.0 Å². The second kappa shape index (κ2) is 4.51. The molecule has 1 aromatic heterocycles. The molecule has 1 unspecified atom stereocenters. The first-order valence-electron chi connectivity index (χ1n) is 6.28. The van der Waals surface area contributed by atoms with E-state index in [1.165, 1.54) is 18.2 Å². The van der Waals surface area contributed by atoms with Crippen molar-refractivity contribution in [2.75, 3.05) is 13.1 Å². The molecule has 3 rings (SSSR count). The van der Waals surface area contributed by atoms with Gasteiger partial charge >= 0.3 is 0 Å². The van der Waals surface area contributed by atoms with Gasteiger partial charge in [-0.25, -0.2) is 0 Å². The third-order valence-corrected chi connectivity index (χ3v) is 3.61. The molecule has 1 atom stereocenters. The highest BCUT2D eigenvalue weighted by Crippen LogP contribution is 2.23. The number of benzene rings is 1. The zero-order valence-electron chi connectivity index (χ0n) is 9.93. The quantitative estimate of drug-likeness (QED) is 0.880. The maximum absolute atomic E-state index is 5.84. The molecule has 0 bridgehead atoms. The van der Waals surface area contributed by atoms with E-state index < -0.39 is 0 Å². The average molecular weight is 230 g/mol. The SMILES string of the molecule is NCC1CCCN1Cc1cc2ccccc2o1. The molecule has 2 aromatic rings. The Kier molecular flexibility index (Phi) is 2.87. The number of likely N-dealkylation sites (tertiary alicyclic amines) is 1. The molecule has 0 aliphatic carbocycles. The first-order chi connectivity index (χ1) is 8.36. The first kappa shape index (κ1) is 10.8. The number of furan rings is 1. The lowest BCUT2D eigenvalue weighted by Gasteiger charge is -2.21. The highest BCUT2D eigenvalue weighted by molar-refractivity contribution is 5.77. The zero-order valence-corrected chi connectivity index (χ0v) is 9.93. The fraction of sp³-hybridized carbons (Fsp3) is 0.429. The largest absolute Gasteiger partial charge is 0.460 e. The van der Waals surface area contributed by atoms with Crippen LogP contribution in [0.2, 0.25) is 0 Å². The van der Waals surface area contributed by atoms with Gasteiger partial charge in [0.2, 0.25) is 0 Å². The topological polar surface area (TPSA) is 42.4 Å². The number of fused-ring (bicyclic) bond motifs is 1. The summed E-state index contributed by atoms with van der Waals surface area (Å²) in [6, 6.07) is 10.8. The molecule has 1 aliphatic rings. The van der Waals surface area contributed by atoms with Crippen molar-refractivity contribution in [2.24, 2.45) is 5.73 Å². The molecule has 1 aromatic carbocycles. The first-order valence-corrected chi connectivity index (χ1v) is 6.28. The summed E-state index contributed by atoms with van der Waals surface area (Å²) in [7, 11) is 0. The summed E-state index contributed by atoms with van der Waals surface area (Å²) < 4.78 is 5.84. The van der Waals surface area contributed by atoms with Crippen molar-refractivity contribution >= 4 is 11.0 Å². The Morgan fingerprint density at radius 3 is 3.06 bits per heavy atom. The lowest BCUT2D eigenvalue weighted by atomic mass is 10.2. The molecule has 90 valence electrons. The number of hydrogen-bond donors (Lipinski definition) is 1. The summed E-state index contributed by atoms with van der Waals surface area (Å²) in [6.45, 7) is 2.77. The average Bonchev–Trinajstić information content (AvgIpc) is 2.94. The molecule has 2 N–H and O–H groups in total. The van der Waals surface area contributed by atoms with Gasteiger partial charge in [0, 0.05) is 18.0 Å². The lowest BCUT2D eigenvalue weighted by Crippen LogP contribution is -2.34. The maximum Gasteiger partial charge on any atom is 0.134 e. The molecule has 0 radical (unpaired) electrons. The van der Waals surface area contributed by atoms with Crippen LogP contribution in [0.3, 0.4) is 0 Å². The van der Waals surface area contributed by atoms with E-state index in [-0.39, 0.29) is 0 Å². The van der Waals surface area contributed by atoms with Crippen molar-refractivity contribution in [2.45, 2.75) is 25.4 Å². The van der Waals surface area contributed by atoms with Crippen molar-refractivity contribution in [3.05, 3.63) is 36.1 Å². The molecular formula is C14H18N2O. The van der Waals surface area contributed by atoms with E-state index in [0.29, 0.717) is 6.04 Å². The van der Waals surface area contributed by atoms with E-state index in [2.05, 4.69) is 17.0 Å². The third-order valence-electron chi connectivity index (χ3n) is 3.61. The van der Waals surface area contributed by atoms with E-state index in [0.717, 1.165) is 31.0 Å². The normalized spacial score (nSPS) is 21.4. The van der Waals surface area contributed by atoms with Crippen molar-refractivity contribution in [3.63, 3.8) is 0 Å². The summed E-state index contributed by atoms with van der Waals surface area (Å²) in [6.07, 6.45) is 2.47. The van der Waals surface area contributed by atoms with Crippen LogP contribution in [0.15, 0.2) is 34.7 Å². The van der Waals surface area contributed by atoms with Crippen molar-refractivity contribution in [1.82, 2.24) is 4.90 Å². The Labute approximate surface area is 101 Å². The van der Waals surface area contributed by atoms with E-state index in [4.69, 9.17) is 10.2 Å². The standard InChI is InChI=1S/C14H18N2O/c15-9-12-5-3-7-16(12)10-13-8-11-4-1-2-6-14(11)17-13/h1-2,4,6,8,12H,3,5,7,9-10,15H2. The Hall–Kier alpha value is -1.32. The predicted octanol–water partition coefficient (Wildman–Crippen LogP) is 2.36. The molecule has 0 amide bonds. The lowest BCUT2D eigenvalue weighted by molar-refractivity contribution is 0.232. The summed E-state index contributed by atoms with van der Waals surface area (Å²) in [5.74, 6) is 1.05. The van der Waals surface area contributed by atoms with Crippen LogP contribution >= 0.6 is 0 Å². The van der Waals surface area contributed by atoms with Gasteiger partial charge in [0.25, 0.3) is 0 Å². The fourth-order valence-electron chi connectivity index (χ4n) is 2.69. The van der Waals surface area contributed by atoms with Gasteiger partial charge in [-0.2, -0.15) is 0 Å². The van der Waals surface area contributed by atoms with E-state index in [9.17, 15) is 0 Å². The van der Waals surface area contributed by atoms with Crippen LogP contribution in [0.5, 0.6) is 0 Å². The summed E-state index contributed by atoms with van der Waals surface area (Å²) >= 11 is 0. The van der Waals surface area contributed by atoms with Gasteiger partial charge in [-0.3, -0.25) is 4.90 Å². The molecule has 1 fully saturated rings. The third kappa shape index (κ3) is 2.08. The van der Waals surface area contributed by atoms with Crippen LogP contribution in [0.4, 0.5) is 0 Å². The summed E-state index contributed by atoms with van der Waals surface area (Å²) in [4.78, 5) is 2.43. The van der Waals surface area contributed by atoms with Gasteiger partial charge in [0.05, 0.1) is 6.54 Å². The smallest absolute Gasteiger partial charge is 0.134 e. The Morgan fingerprint density at radius 1 is 1.35 bits per heavy atom. The van der Waals surface area contributed by atoms with Gasteiger partial charge in [-0.15, -0.1) is 0 Å². The molecule has 17 heavy (non-hydrogen) atoms. The number of hydrogen-bond acceptors (Lipinski definition) is 3. The number of nitrogens with zero attached hydrogens (tertiary/aromatic N) is 1. The van der Waals surface area contributed by atoms with Gasteiger partial charge in [0.1, 0.15) is 11.3 Å². The minimum Gasteiger partial charge on any atom is -0.460 e. The summed E-state index contributed by atoms with van der Waals surface area (Å²) in [5, 5.41) is 1.19. The van der Waals surface area contributed by atoms with E-state index >= 15 is 0 Å². The zero-order chi connectivity index (χ0) is 11.7. The van der Waals surface area contributed by atoms with Gasteiger partial charge in [-0.1, -0.05) is 18.2 Å². The van der Waals surface area contributed by atoms with Crippen LogP contribution in [0, 0.1) is 0 Å². The second-order valence-electron chi connectivity index (χ2n) is 4.75. The molecule has 0 saturated carbocycles. The maximum atomic E-state index is 5.84. The molecule has 2 heterocycles. The molecule has 3 heteroatoms. The van der Waals surface area contributed by atoms with Crippen molar-refractivity contribution in [1.29, 1.82) is 0 Å². The molecule has 3 nitrogen and oxygen atoms in total. The molecule has 1 saturated heterocycles. The minimum atomic E-state index is 0.531. The van der Waals surface area contributed by atoms with Gasteiger partial charge in [0.15, 0.2) is 0 Å². The number of para-hydroxylation sites is 1. The highest BCUT2D eigenvalue weighted by atomic mass is 16.3. The van der Waals surface area contributed by atoms with Crippen LogP contribution in [0.1, 0.15) is 18.6 Å². The number of rotatable bonds is 3. The molecule has 1 aliphatic heterocycles. The van der Waals surface area contributed by atoms with Crippen molar-refractivity contribution in [3.8, 4) is 0 Å². The van der Waals surface area contributed by atoms with Gasteiger partial charge in [-0.05, 0) is 31.5 Å². The van der Waals surface area contributed by atoms with E-state index in [1.807, 2.05) is 18.2 Å². The Bertz CT molecular complexity index is 473. The van der Waals surface area contributed by atoms with Crippen LogP contribution in [-0.2, 0) is 6.54 Å². The van der Waals surface area contributed by atoms with Crippen molar-refractivity contribution < 1.29 is 4.42 Å². The second-order valence-corrected chi connectivity index (χ2v) is 4.75. The fourth-order valence-corrected chi connectivity index (χ4v) is 2.69. The van der Waals surface area contributed by atoms with E-state index in [1.54, 1.807) is 0 Å². The van der Waals surface area contributed by atoms with Crippen LogP contribution in [0.25, 0.3) is 11.0 Å². The van der Waals surface area contributed by atoms with Gasteiger partial charge < -0.3 is 10.2 Å². The predicted molar refractivity (Wildman–Crippen MR) is 68.7 cm³/mol. The highest BCUT2D eigenvalue weighted by Gasteiger charge is 2.23. The monoisotopic (exact) mass is 230 g/mol. The Balaban J connectivity index is 1.80. The Morgan fingerprint density at radius 2 is 2.24 bits per heavy atom. The van der Waals surface area contributed by atoms with Crippen LogP contribution < -0.4 is 5.73 Å². The summed E-state index contributed by atoms with van der Waals surface area (Å²) in [5.41, 5.74) is 6.76.